The quantitative estimate of drug-likeness (QED) is 0.744. The van der Waals surface area contributed by atoms with Crippen LogP contribution in [0.1, 0.15) is 40.1 Å². The molecule has 3 rings (SSSR count). The van der Waals surface area contributed by atoms with E-state index in [-0.39, 0.29) is 18.0 Å². The van der Waals surface area contributed by atoms with Crippen molar-refractivity contribution >= 4 is 34.2 Å². The third kappa shape index (κ3) is 3.44. The molecule has 0 saturated carbocycles. The molecule has 2 heterocycles. The van der Waals surface area contributed by atoms with Gasteiger partial charge in [-0.2, -0.15) is 0 Å². The number of hydrogen-bond acceptors (Lipinski definition) is 5. The van der Waals surface area contributed by atoms with Crippen LogP contribution in [-0.2, 0) is 22.4 Å². The molecule has 24 heavy (non-hydrogen) atoms. The summed E-state index contributed by atoms with van der Waals surface area (Å²) in [5.41, 5.74) is 1.08. The highest BCUT2D eigenvalue weighted by Crippen LogP contribution is 2.39. The first kappa shape index (κ1) is 16.9. The number of amides is 1. The molecule has 8 heteroatoms. The molecule has 1 amide bonds. The minimum absolute atomic E-state index is 0.0887. The number of carboxylic acid groups (broad SMARTS) is 2. The Balaban J connectivity index is 1.65. The van der Waals surface area contributed by atoms with Crippen LogP contribution in [0.15, 0.2) is 0 Å². The van der Waals surface area contributed by atoms with E-state index in [0.717, 1.165) is 36.1 Å². The first-order valence-electron chi connectivity index (χ1n) is 8.08. The fourth-order valence-electron chi connectivity index (χ4n) is 3.49. The number of nitrogens with zero attached hydrogens (tertiary/aromatic N) is 1. The van der Waals surface area contributed by atoms with Crippen molar-refractivity contribution in [2.45, 2.75) is 32.1 Å². The number of aromatic carboxylic acids is 1. The third-order valence-corrected chi connectivity index (χ3v) is 5.82. The highest BCUT2D eigenvalue weighted by atomic mass is 32.1. The Morgan fingerprint density at radius 2 is 2.00 bits per heavy atom. The number of thiophene rings is 1. The van der Waals surface area contributed by atoms with E-state index in [9.17, 15) is 19.5 Å². The number of carboxylic acids is 2. The minimum atomic E-state index is -1.01. The standard InChI is InChI=1S/C16H20N2O5S/c19-12(8-18-6-2-3-9(7-18)15(20)21)17-14-13(16(22)23)10-4-1-5-11(10)24-14/h9H,1-8H2,(H,17,19)(H,20,21)(H,22,23). The van der Waals surface area contributed by atoms with Gasteiger partial charge in [0.15, 0.2) is 0 Å². The van der Waals surface area contributed by atoms with E-state index in [2.05, 4.69) is 5.32 Å². The van der Waals surface area contributed by atoms with Gasteiger partial charge in [0.2, 0.25) is 5.91 Å². The van der Waals surface area contributed by atoms with Gasteiger partial charge in [-0.25, -0.2) is 4.79 Å². The lowest BCUT2D eigenvalue weighted by atomic mass is 9.98. The summed E-state index contributed by atoms with van der Waals surface area (Å²) in [7, 11) is 0. The third-order valence-electron chi connectivity index (χ3n) is 4.61. The molecular weight excluding hydrogens is 332 g/mol. The van der Waals surface area contributed by atoms with Gasteiger partial charge in [0.1, 0.15) is 5.00 Å². The molecule has 130 valence electrons. The maximum Gasteiger partial charge on any atom is 0.339 e. The number of anilines is 1. The SMILES string of the molecule is O=C(CN1CCCC(C(=O)O)C1)Nc1sc2c(c1C(=O)O)CCC2. The minimum Gasteiger partial charge on any atom is -0.481 e. The smallest absolute Gasteiger partial charge is 0.339 e. The van der Waals surface area contributed by atoms with E-state index >= 15 is 0 Å². The van der Waals surface area contributed by atoms with Gasteiger partial charge in [-0.1, -0.05) is 0 Å². The second kappa shape index (κ2) is 6.90. The number of aryl methyl sites for hydroxylation is 1. The van der Waals surface area contributed by atoms with E-state index in [1.807, 2.05) is 4.90 Å². The van der Waals surface area contributed by atoms with Gasteiger partial charge >= 0.3 is 11.9 Å². The molecule has 1 unspecified atom stereocenters. The number of aliphatic carboxylic acids is 1. The average molecular weight is 352 g/mol. The number of nitrogens with one attached hydrogen (secondary N) is 1. The predicted octanol–water partition coefficient (Wildman–Crippen LogP) is 1.67. The van der Waals surface area contributed by atoms with Crippen LogP contribution in [-0.4, -0.2) is 52.6 Å². The molecule has 1 aliphatic heterocycles. The van der Waals surface area contributed by atoms with Crippen LogP contribution in [0.3, 0.4) is 0 Å². The van der Waals surface area contributed by atoms with Gasteiger partial charge in [0.05, 0.1) is 18.0 Å². The molecule has 1 fully saturated rings. The van der Waals surface area contributed by atoms with Gasteiger partial charge in [-0.3, -0.25) is 14.5 Å². The fraction of sp³-hybridized carbons (Fsp3) is 0.562. The number of fused-ring (bicyclic) bond motifs is 1. The van der Waals surface area contributed by atoms with E-state index in [1.54, 1.807) is 0 Å². The monoisotopic (exact) mass is 352 g/mol. The Hall–Kier alpha value is -1.93. The van der Waals surface area contributed by atoms with Crippen molar-refractivity contribution in [3.05, 3.63) is 16.0 Å². The van der Waals surface area contributed by atoms with Crippen molar-refractivity contribution in [1.29, 1.82) is 0 Å². The summed E-state index contributed by atoms with van der Waals surface area (Å²) in [5.74, 6) is -2.56. The van der Waals surface area contributed by atoms with Crippen molar-refractivity contribution in [2.24, 2.45) is 5.92 Å². The Morgan fingerprint density at radius 1 is 1.21 bits per heavy atom. The zero-order valence-corrected chi connectivity index (χ0v) is 14.0. The summed E-state index contributed by atoms with van der Waals surface area (Å²) in [4.78, 5) is 37.7. The number of rotatable bonds is 5. The van der Waals surface area contributed by atoms with Gasteiger partial charge in [0, 0.05) is 11.4 Å². The summed E-state index contributed by atoms with van der Waals surface area (Å²) in [5, 5.41) is 21.7. The molecule has 1 aliphatic carbocycles. The first-order valence-corrected chi connectivity index (χ1v) is 8.90. The summed E-state index contributed by atoms with van der Waals surface area (Å²) in [6.45, 7) is 1.13. The molecule has 7 nitrogen and oxygen atoms in total. The molecule has 0 radical (unpaired) electrons. The van der Waals surface area contributed by atoms with Crippen molar-refractivity contribution in [1.82, 2.24) is 4.90 Å². The second-order valence-corrected chi connectivity index (χ2v) is 7.43. The highest BCUT2D eigenvalue weighted by Gasteiger charge is 2.29. The van der Waals surface area contributed by atoms with Crippen molar-refractivity contribution in [2.75, 3.05) is 25.0 Å². The Labute approximate surface area is 143 Å². The molecule has 1 aromatic rings. The average Bonchev–Trinajstić information content (AvgIpc) is 3.07. The van der Waals surface area contributed by atoms with Crippen LogP contribution in [0, 0.1) is 5.92 Å². The van der Waals surface area contributed by atoms with Crippen LogP contribution in [0.4, 0.5) is 5.00 Å². The second-order valence-electron chi connectivity index (χ2n) is 6.33. The maximum absolute atomic E-state index is 12.3. The molecule has 1 aromatic heterocycles. The molecule has 0 aromatic carbocycles. The topological polar surface area (TPSA) is 107 Å². The lowest BCUT2D eigenvalue weighted by Gasteiger charge is -2.29. The maximum atomic E-state index is 12.3. The molecular formula is C16H20N2O5S. The van der Waals surface area contributed by atoms with Crippen LogP contribution >= 0.6 is 11.3 Å². The van der Waals surface area contributed by atoms with Crippen LogP contribution in [0.5, 0.6) is 0 Å². The van der Waals surface area contributed by atoms with E-state index in [4.69, 9.17) is 5.11 Å². The lowest BCUT2D eigenvalue weighted by Crippen LogP contribution is -2.42. The molecule has 2 aliphatic rings. The van der Waals surface area contributed by atoms with Gasteiger partial charge in [0.25, 0.3) is 0 Å². The molecule has 0 spiro atoms. The van der Waals surface area contributed by atoms with Crippen LogP contribution in [0.2, 0.25) is 0 Å². The summed E-state index contributed by atoms with van der Waals surface area (Å²) >= 11 is 1.35. The van der Waals surface area contributed by atoms with Gasteiger partial charge < -0.3 is 15.5 Å². The number of carbonyl (C=O) groups excluding carboxylic acids is 1. The Kier molecular flexibility index (Phi) is 4.86. The number of hydrogen-bond donors (Lipinski definition) is 3. The Morgan fingerprint density at radius 3 is 2.71 bits per heavy atom. The highest BCUT2D eigenvalue weighted by molar-refractivity contribution is 7.17. The van der Waals surface area contributed by atoms with Gasteiger partial charge in [-0.15, -0.1) is 11.3 Å². The normalized spacial score (nSPS) is 20.6. The summed E-state index contributed by atoms with van der Waals surface area (Å²) < 4.78 is 0. The summed E-state index contributed by atoms with van der Waals surface area (Å²) in [6.07, 6.45) is 3.95. The summed E-state index contributed by atoms with van der Waals surface area (Å²) in [6, 6.07) is 0. The Bertz CT molecular complexity index is 684. The zero-order chi connectivity index (χ0) is 17.3. The lowest BCUT2D eigenvalue weighted by molar-refractivity contribution is -0.144. The van der Waals surface area contributed by atoms with Crippen LogP contribution in [0.25, 0.3) is 0 Å². The van der Waals surface area contributed by atoms with Crippen LogP contribution < -0.4 is 5.32 Å². The predicted molar refractivity (Wildman–Crippen MR) is 88.7 cm³/mol. The van der Waals surface area contributed by atoms with Crippen molar-refractivity contribution in [3.63, 3.8) is 0 Å². The zero-order valence-electron chi connectivity index (χ0n) is 13.2. The largest absolute Gasteiger partial charge is 0.481 e. The van der Waals surface area contributed by atoms with E-state index < -0.39 is 17.9 Å². The molecule has 3 N–H and O–H groups in total. The van der Waals surface area contributed by atoms with Crippen molar-refractivity contribution < 1.29 is 24.6 Å². The van der Waals surface area contributed by atoms with E-state index in [1.165, 1.54) is 11.3 Å². The van der Waals surface area contributed by atoms with E-state index in [0.29, 0.717) is 24.5 Å². The van der Waals surface area contributed by atoms with Crippen molar-refractivity contribution in [3.8, 4) is 0 Å². The first-order chi connectivity index (χ1) is 11.5. The molecule has 1 atom stereocenters. The fourth-order valence-corrected chi connectivity index (χ4v) is 4.79. The number of likely N-dealkylation sites (tertiary alicyclic amines) is 1. The molecule has 0 bridgehead atoms. The van der Waals surface area contributed by atoms with Gasteiger partial charge in [-0.05, 0) is 44.2 Å². The number of piperidine rings is 1. The molecule has 1 saturated heterocycles. The number of carbonyl (C=O) groups is 3.